The molecule has 1 aliphatic rings. The molecule has 0 aliphatic carbocycles. The molecule has 19 heavy (non-hydrogen) atoms. The molecule has 0 aromatic heterocycles. The largest absolute Gasteiger partial charge is 0.311 e. The van der Waals surface area contributed by atoms with Gasteiger partial charge in [-0.25, -0.2) is 4.39 Å². The third kappa shape index (κ3) is 3.15. The van der Waals surface area contributed by atoms with Crippen LogP contribution in [0.1, 0.15) is 39.2 Å². The van der Waals surface area contributed by atoms with E-state index in [9.17, 15) is 4.39 Å². The Bertz CT molecular complexity index is 421. The molecular weight excluding hydrogens is 239 g/mol. The minimum atomic E-state index is -0.0902. The number of halogens is 1. The van der Waals surface area contributed by atoms with Crippen LogP contribution in [0.4, 0.5) is 4.39 Å². The van der Waals surface area contributed by atoms with E-state index in [0.29, 0.717) is 12.6 Å². The number of benzene rings is 1. The fourth-order valence-electron chi connectivity index (χ4n) is 2.74. The van der Waals surface area contributed by atoms with Crippen LogP contribution in [0, 0.1) is 5.82 Å². The monoisotopic (exact) mass is 264 g/mol. The summed E-state index contributed by atoms with van der Waals surface area (Å²) in [6.07, 6.45) is 2.19. The van der Waals surface area contributed by atoms with Crippen LogP contribution in [0.2, 0.25) is 0 Å². The lowest BCUT2D eigenvalue weighted by atomic mass is 9.91. The summed E-state index contributed by atoms with van der Waals surface area (Å²) in [6, 6.07) is 7.64. The van der Waals surface area contributed by atoms with Gasteiger partial charge in [-0.05, 0) is 25.8 Å². The quantitative estimate of drug-likeness (QED) is 0.898. The van der Waals surface area contributed by atoms with Gasteiger partial charge in [0, 0.05) is 36.8 Å². The van der Waals surface area contributed by atoms with Gasteiger partial charge in [0.05, 0.1) is 0 Å². The van der Waals surface area contributed by atoms with Crippen molar-refractivity contribution in [3.63, 3.8) is 0 Å². The first-order valence-corrected chi connectivity index (χ1v) is 7.31. The normalized spacial score (nSPS) is 28.5. The van der Waals surface area contributed by atoms with Crippen molar-refractivity contribution in [3.8, 4) is 0 Å². The lowest BCUT2D eigenvalue weighted by Gasteiger charge is -2.48. The molecule has 2 unspecified atom stereocenters. The number of hydrogen-bond donors (Lipinski definition) is 1. The Balaban J connectivity index is 2.16. The molecular formula is C16H25FN2. The third-order valence-electron chi connectivity index (χ3n) is 4.55. The van der Waals surface area contributed by atoms with Crippen molar-refractivity contribution in [3.05, 3.63) is 35.6 Å². The Labute approximate surface area is 116 Å². The Morgan fingerprint density at radius 3 is 2.74 bits per heavy atom. The van der Waals surface area contributed by atoms with Crippen molar-refractivity contribution in [2.75, 3.05) is 13.1 Å². The zero-order valence-electron chi connectivity index (χ0n) is 12.2. The molecule has 1 aromatic rings. The Kier molecular flexibility index (Phi) is 4.58. The second kappa shape index (κ2) is 6.02. The fraction of sp³-hybridized carbons (Fsp3) is 0.625. The summed E-state index contributed by atoms with van der Waals surface area (Å²) in [5, 5.41) is 3.61. The first kappa shape index (κ1) is 14.5. The van der Waals surface area contributed by atoms with Gasteiger partial charge in [0.15, 0.2) is 0 Å². The summed E-state index contributed by atoms with van der Waals surface area (Å²) in [5.74, 6) is -0.0902. The average Bonchev–Trinajstić information content (AvgIpc) is 2.43. The SMILES string of the molecule is CCC1CN(Cc2ccccc2F)C(C)(CC)CN1. The minimum Gasteiger partial charge on any atom is -0.311 e. The molecule has 1 fully saturated rings. The van der Waals surface area contributed by atoms with Gasteiger partial charge in [-0.2, -0.15) is 0 Å². The molecule has 1 aliphatic heterocycles. The fourth-order valence-corrected chi connectivity index (χ4v) is 2.74. The van der Waals surface area contributed by atoms with Crippen molar-refractivity contribution in [1.29, 1.82) is 0 Å². The maximum atomic E-state index is 13.8. The van der Waals surface area contributed by atoms with Crippen LogP contribution < -0.4 is 5.32 Å². The first-order chi connectivity index (χ1) is 9.09. The van der Waals surface area contributed by atoms with Crippen LogP contribution in [-0.2, 0) is 6.54 Å². The van der Waals surface area contributed by atoms with E-state index in [2.05, 4.69) is 31.0 Å². The number of rotatable bonds is 4. The van der Waals surface area contributed by atoms with Crippen molar-refractivity contribution >= 4 is 0 Å². The highest BCUT2D eigenvalue weighted by atomic mass is 19.1. The van der Waals surface area contributed by atoms with Gasteiger partial charge in [-0.3, -0.25) is 4.90 Å². The Morgan fingerprint density at radius 2 is 2.11 bits per heavy atom. The number of hydrogen-bond acceptors (Lipinski definition) is 2. The summed E-state index contributed by atoms with van der Waals surface area (Å²) in [7, 11) is 0. The predicted octanol–water partition coefficient (Wildman–Crippen LogP) is 3.18. The molecule has 3 heteroatoms. The smallest absolute Gasteiger partial charge is 0.127 e. The van der Waals surface area contributed by atoms with E-state index in [0.717, 1.165) is 31.5 Å². The lowest BCUT2D eigenvalue weighted by Crippen LogP contribution is -2.62. The molecule has 0 spiro atoms. The van der Waals surface area contributed by atoms with Gasteiger partial charge in [-0.1, -0.05) is 32.0 Å². The lowest BCUT2D eigenvalue weighted by molar-refractivity contribution is 0.0399. The van der Waals surface area contributed by atoms with E-state index in [1.165, 1.54) is 0 Å². The molecule has 1 aromatic carbocycles. The van der Waals surface area contributed by atoms with Crippen LogP contribution >= 0.6 is 0 Å². The maximum Gasteiger partial charge on any atom is 0.127 e. The minimum absolute atomic E-state index is 0.0902. The maximum absolute atomic E-state index is 13.8. The molecule has 1 saturated heterocycles. The van der Waals surface area contributed by atoms with Crippen LogP contribution in [0.15, 0.2) is 24.3 Å². The number of piperazine rings is 1. The second-order valence-corrected chi connectivity index (χ2v) is 5.81. The van der Waals surface area contributed by atoms with E-state index in [1.807, 2.05) is 12.1 Å². The standard InChI is InChI=1S/C16H25FN2/c1-4-14-11-19(16(3,5-2)12-18-14)10-13-8-6-7-9-15(13)17/h6-9,14,18H,4-5,10-12H2,1-3H3. The molecule has 1 heterocycles. The van der Waals surface area contributed by atoms with Gasteiger partial charge >= 0.3 is 0 Å². The molecule has 1 N–H and O–H groups in total. The van der Waals surface area contributed by atoms with E-state index in [-0.39, 0.29) is 11.4 Å². The van der Waals surface area contributed by atoms with Gasteiger partial charge in [-0.15, -0.1) is 0 Å². The third-order valence-corrected chi connectivity index (χ3v) is 4.55. The molecule has 0 amide bonds. The average molecular weight is 264 g/mol. The van der Waals surface area contributed by atoms with Gasteiger partial charge in [0.2, 0.25) is 0 Å². The van der Waals surface area contributed by atoms with Crippen molar-refractivity contribution in [2.24, 2.45) is 0 Å². The zero-order chi connectivity index (χ0) is 13.9. The van der Waals surface area contributed by atoms with E-state index < -0.39 is 0 Å². The topological polar surface area (TPSA) is 15.3 Å². The summed E-state index contributed by atoms with van der Waals surface area (Å²) < 4.78 is 13.8. The summed E-state index contributed by atoms with van der Waals surface area (Å²) in [4.78, 5) is 2.44. The summed E-state index contributed by atoms with van der Waals surface area (Å²) in [5.41, 5.74) is 0.924. The van der Waals surface area contributed by atoms with E-state index >= 15 is 0 Å². The Morgan fingerprint density at radius 1 is 1.37 bits per heavy atom. The molecule has 2 nitrogen and oxygen atoms in total. The Hall–Kier alpha value is -0.930. The van der Waals surface area contributed by atoms with Gasteiger partial charge in [0.1, 0.15) is 5.82 Å². The van der Waals surface area contributed by atoms with E-state index in [1.54, 1.807) is 12.1 Å². The molecule has 0 radical (unpaired) electrons. The summed E-state index contributed by atoms with van der Waals surface area (Å²) >= 11 is 0. The van der Waals surface area contributed by atoms with Crippen LogP contribution in [0.3, 0.4) is 0 Å². The highest BCUT2D eigenvalue weighted by Crippen LogP contribution is 2.26. The molecule has 0 saturated carbocycles. The number of nitrogens with zero attached hydrogens (tertiary/aromatic N) is 1. The second-order valence-electron chi connectivity index (χ2n) is 5.81. The molecule has 0 bridgehead atoms. The van der Waals surface area contributed by atoms with Crippen LogP contribution in [-0.4, -0.2) is 29.6 Å². The van der Waals surface area contributed by atoms with Crippen molar-refractivity contribution < 1.29 is 4.39 Å². The molecule has 2 atom stereocenters. The van der Waals surface area contributed by atoms with Gasteiger partial charge in [0.25, 0.3) is 0 Å². The van der Waals surface area contributed by atoms with Gasteiger partial charge < -0.3 is 5.32 Å². The first-order valence-electron chi connectivity index (χ1n) is 7.31. The zero-order valence-corrected chi connectivity index (χ0v) is 12.2. The summed E-state index contributed by atoms with van der Waals surface area (Å²) in [6.45, 7) is 9.36. The highest BCUT2D eigenvalue weighted by molar-refractivity contribution is 5.18. The van der Waals surface area contributed by atoms with Crippen LogP contribution in [0.25, 0.3) is 0 Å². The van der Waals surface area contributed by atoms with Crippen molar-refractivity contribution in [2.45, 2.75) is 51.7 Å². The van der Waals surface area contributed by atoms with Crippen LogP contribution in [0.5, 0.6) is 0 Å². The molecule has 2 rings (SSSR count). The predicted molar refractivity (Wildman–Crippen MR) is 77.6 cm³/mol. The van der Waals surface area contributed by atoms with Crippen molar-refractivity contribution in [1.82, 2.24) is 10.2 Å². The van der Waals surface area contributed by atoms with E-state index in [4.69, 9.17) is 0 Å². The number of nitrogens with one attached hydrogen (secondary N) is 1. The highest BCUT2D eigenvalue weighted by Gasteiger charge is 2.35. The molecule has 106 valence electrons.